The van der Waals surface area contributed by atoms with Crippen LogP contribution in [0, 0.1) is 0 Å². The van der Waals surface area contributed by atoms with E-state index in [1.54, 1.807) is 0 Å². The van der Waals surface area contributed by atoms with Crippen molar-refractivity contribution in [1.29, 1.82) is 0 Å². The number of halogens is 1. The van der Waals surface area contributed by atoms with E-state index in [0.29, 0.717) is 6.41 Å². The predicted octanol–water partition coefficient (Wildman–Crippen LogP) is 1.46. The van der Waals surface area contributed by atoms with Crippen LogP contribution in [0.15, 0.2) is 30.3 Å². The molecule has 11 heavy (non-hydrogen) atoms. The molecule has 0 bridgehead atoms. The molecule has 1 N–H and O–H groups in total. The lowest BCUT2D eigenvalue weighted by Gasteiger charge is -2.12. The second-order valence-corrected chi connectivity index (χ2v) is 2.57. The van der Waals surface area contributed by atoms with Crippen molar-refractivity contribution in [3.05, 3.63) is 30.3 Å². The van der Waals surface area contributed by atoms with Crippen molar-refractivity contribution in [3.63, 3.8) is 0 Å². The summed E-state index contributed by atoms with van der Waals surface area (Å²) in [6.45, 7) is 0. The van der Waals surface area contributed by atoms with Gasteiger partial charge in [0.25, 0.3) is 0 Å². The van der Waals surface area contributed by atoms with Gasteiger partial charge in [-0.25, -0.2) is 4.03 Å². The molecule has 0 spiro atoms. The molecule has 0 fully saturated rings. The number of anilines is 1. The summed E-state index contributed by atoms with van der Waals surface area (Å²) in [4.78, 5) is 10.0. The number of benzene rings is 1. The van der Waals surface area contributed by atoms with Gasteiger partial charge >= 0.3 is 0 Å². The molecule has 0 aliphatic carbocycles. The fourth-order valence-electron chi connectivity index (χ4n) is 0.680. The molecule has 0 saturated heterocycles. The number of para-hydroxylation sites is 1. The fourth-order valence-corrected chi connectivity index (χ4v) is 1.000. The van der Waals surface area contributed by atoms with Crippen molar-refractivity contribution in [2.24, 2.45) is 0 Å². The Balaban J connectivity index is 2.68. The Kier molecular flexibility index (Phi) is 2.92. The van der Waals surface area contributed by atoms with E-state index in [1.165, 1.54) is 4.03 Å². The summed E-state index contributed by atoms with van der Waals surface area (Å²) >= 11 is 3.14. The van der Waals surface area contributed by atoms with Gasteiger partial charge in [-0.15, -0.1) is 0 Å². The molecule has 0 aromatic heterocycles. The number of nitrogens with one attached hydrogen (secondary N) is 1. The number of carbonyl (C=O) groups excluding carboxylic acids is 1. The number of amides is 1. The van der Waals surface area contributed by atoms with E-state index in [0.717, 1.165) is 5.69 Å². The van der Waals surface area contributed by atoms with Crippen LogP contribution in [0.25, 0.3) is 0 Å². The van der Waals surface area contributed by atoms with Gasteiger partial charge in [0.15, 0.2) is 0 Å². The van der Waals surface area contributed by atoms with E-state index in [1.807, 2.05) is 30.3 Å². The second kappa shape index (κ2) is 3.98. The van der Waals surface area contributed by atoms with Crippen molar-refractivity contribution in [2.45, 2.75) is 0 Å². The average Bonchev–Trinajstić information content (AvgIpc) is 2.07. The first kappa shape index (κ1) is 8.07. The summed E-state index contributed by atoms with van der Waals surface area (Å²) in [5, 5.41) is 0. The van der Waals surface area contributed by atoms with Crippen LogP contribution in [0.1, 0.15) is 0 Å². The molecule has 0 radical (unpaired) electrons. The zero-order chi connectivity index (χ0) is 8.10. The Labute approximate surface area is 73.3 Å². The standard InChI is InChI=1S/C7H7BrN2O/c8-10(9-6-11)7-4-2-1-3-5-7/h1-6H,(H,9,11). The lowest BCUT2D eigenvalue weighted by molar-refractivity contribution is -0.109. The van der Waals surface area contributed by atoms with Gasteiger partial charge in [0.05, 0.1) is 21.8 Å². The van der Waals surface area contributed by atoms with Gasteiger partial charge in [-0.2, -0.15) is 0 Å². The van der Waals surface area contributed by atoms with Crippen LogP contribution in [0.5, 0.6) is 0 Å². The molecule has 58 valence electrons. The normalized spacial score (nSPS) is 8.82. The molecule has 4 heteroatoms. The highest BCUT2D eigenvalue weighted by molar-refractivity contribution is 9.10. The largest absolute Gasteiger partial charge is 0.277 e. The number of hydrogen-bond donors (Lipinski definition) is 1. The van der Waals surface area contributed by atoms with Crippen molar-refractivity contribution in [1.82, 2.24) is 5.43 Å². The summed E-state index contributed by atoms with van der Waals surface area (Å²) < 4.78 is 1.46. The molecule has 1 amide bonds. The van der Waals surface area contributed by atoms with E-state index in [2.05, 4.69) is 21.6 Å². The molecule has 0 aliphatic rings. The van der Waals surface area contributed by atoms with Crippen LogP contribution in [-0.2, 0) is 4.79 Å². The van der Waals surface area contributed by atoms with E-state index >= 15 is 0 Å². The van der Waals surface area contributed by atoms with Gasteiger partial charge in [-0.05, 0) is 12.1 Å². The van der Waals surface area contributed by atoms with Gasteiger partial charge in [0.1, 0.15) is 0 Å². The maximum Gasteiger partial charge on any atom is 0.226 e. The van der Waals surface area contributed by atoms with Gasteiger partial charge in [-0.1, -0.05) is 18.2 Å². The predicted molar refractivity (Wildman–Crippen MR) is 47.0 cm³/mol. The smallest absolute Gasteiger partial charge is 0.226 e. The van der Waals surface area contributed by atoms with E-state index < -0.39 is 0 Å². The van der Waals surface area contributed by atoms with Gasteiger partial charge in [0.2, 0.25) is 6.41 Å². The molecular weight excluding hydrogens is 208 g/mol. The Bertz CT molecular complexity index is 227. The van der Waals surface area contributed by atoms with Crippen LogP contribution >= 0.6 is 16.1 Å². The minimum atomic E-state index is 0.599. The minimum absolute atomic E-state index is 0.599. The number of hydrogen-bond acceptors (Lipinski definition) is 2. The summed E-state index contributed by atoms with van der Waals surface area (Å²) in [5.74, 6) is 0. The fraction of sp³-hybridized carbons (Fsp3) is 0. The molecule has 0 unspecified atom stereocenters. The lowest BCUT2D eigenvalue weighted by Crippen LogP contribution is -2.26. The van der Waals surface area contributed by atoms with Crippen LogP contribution in [-0.4, -0.2) is 6.41 Å². The zero-order valence-electron chi connectivity index (χ0n) is 5.70. The van der Waals surface area contributed by atoms with E-state index in [-0.39, 0.29) is 0 Å². The molecule has 0 heterocycles. The number of nitrogens with zero attached hydrogens (tertiary/aromatic N) is 1. The quantitative estimate of drug-likeness (QED) is 0.470. The van der Waals surface area contributed by atoms with Crippen molar-refractivity contribution >= 4 is 28.2 Å². The van der Waals surface area contributed by atoms with Gasteiger partial charge in [-0.3, -0.25) is 10.2 Å². The number of carbonyl (C=O) groups is 1. The minimum Gasteiger partial charge on any atom is -0.277 e. The number of hydrazine groups is 1. The van der Waals surface area contributed by atoms with E-state index in [9.17, 15) is 4.79 Å². The monoisotopic (exact) mass is 214 g/mol. The molecule has 3 nitrogen and oxygen atoms in total. The third-order valence-corrected chi connectivity index (χ3v) is 1.76. The maximum atomic E-state index is 10.0. The summed E-state index contributed by atoms with van der Waals surface area (Å²) in [6.07, 6.45) is 0.599. The molecule has 0 atom stereocenters. The van der Waals surface area contributed by atoms with Gasteiger partial charge in [0, 0.05) is 0 Å². The van der Waals surface area contributed by atoms with Crippen molar-refractivity contribution in [3.8, 4) is 0 Å². The molecule has 1 aromatic rings. The Hall–Kier alpha value is -1.03. The second-order valence-electron chi connectivity index (χ2n) is 1.86. The van der Waals surface area contributed by atoms with E-state index in [4.69, 9.17) is 0 Å². The molecule has 1 aromatic carbocycles. The lowest BCUT2D eigenvalue weighted by atomic mass is 10.3. The molecular formula is C7H7BrN2O. The van der Waals surface area contributed by atoms with Crippen molar-refractivity contribution in [2.75, 3.05) is 4.03 Å². The Morgan fingerprint density at radius 1 is 1.36 bits per heavy atom. The molecule has 0 aliphatic heterocycles. The summed E-state index contributed by atoms with van der Waals surface area (Å²) in [7, 11) is 0. The Morgan fingerprint density at radius 2 is 2.00 bits per heavy atom. The van der Waals surface area contributed by atoms with Crippen LogP contribution < -0.4 is 9.46 Å². The highest BCUT2D eigenvalue weighted by atomic mass is 79.9. The molecule has 1 rings (SSSR count). The highest BCUT2D eigenvalue weighted by Crippen LogP contribution is 2.13. The van der Waals surface area contributed by atoms with Crippen LogP contribution in [0.4, 0.5) is 5.69 Å². The van der Waals surface area contributed by atoms with Crippen LogP contribution in [0.2, 0.25) is 0 Å². The Morgan fingerprint density at radius 3 is 2.55 bits per heavy atom. The SMILES string of the molecule is O=CNN(Br)c1ccccc1. The maximum absolute atomic E-state index is 10.0. The van der Waals surface area contributed by atoms with Crippen LogP contribution in [0.3, 0.4) is 0 Å². The van der Waals surface area contributed by atoms with Crippen molar-refractivity contribution < 1.29 is 4.79 Å². The first-order valence-electron chi connectivity index (χ1n) is 3.05. The first-order chi connectivity index (χ1) is 5.34. The average molecular weight is 215 g/mol. The highest BCUT2D eigenvalue weighted by Gasteiger charge is 1.96. The topological polar surface area (TPSA) is 32.3 Å². The summed E-state index contributed by atoms with van der Waals surface area (Å²) in [5.41, 5.74) is 3.31. The zero-order valence-corrected chi connectivity index (χ0v) is 7.28. The molecule has 0 saturated carbocycles. The first-order valence-corrected chi connectivity index (χ1v) is 3.76. The number of rotatable bonds is 3. The third-order valence-electron chi connectivity index (χ3n) is 1.15. The summed E-state index contributed by atoms with van der Waals surface area (Å²) in [6, 6.07) is 9.41. The van der Waals surface area contributed by atoms with Gasteiger partial charge < -0.3 is 0 Å². The third kappa shape index (κ3) is 2.23.